The number of hydrogen-bond acceptors (Lipinski definition) is 5. The highest BCUT2D eigenvalue weighted by Gasteiger charge is 2.43. The molecule has 164 valence electrons. The van der Waals surface area contributed by atoms with Crippen molar-refractivity contribution in [3.05, 3.63) is 29.8 Å². The third-order valence-corrected chi connectivity index (χ3v) is 5.81. The quantitative estimate of drug-likeness (QED) is 0.626. The van der Waals surface area contributed by atoms with Crippen LogP contribution in [0.25, 0.3) is 0 Å². The van der Waals surface area contributed by atoms with E-state index < -0.39 is 24.0 Å². The maximum absolute atomic E-state index is 13.1. The fraction of sp³-hybridized carbons (Fsp3) is 0.609. The number of carbonyl (C=O) groups excluding carboxylic acids is 3. The highest BCUT2D eigenvalue weighted by Crippen LogP contribution is 2.41. The third-order valence-electron chi connectivity index (χ3n) is 5.81. The summed E-state index contributed by atoms with van der Waals surface area (Å²) in [6, 6.07) is 7.20. The topological polar surface area (TPSA) is 84.9 Å². The summed E-state index contributed by atoms with van der Waals surface area (Å²) in [6.45, 7) is 4.23. The lowest BCUT2D eigenvalue weighted by atomic mass is 9.83. The Balaban J connectivity index is 1.84. The Morgan fingerprint density at radius 1 is 1.23 bits per heavy atom. The number of esters is 1. The lowest BCUT2D eigenvalue weighted by molar-refractivity contribution is -0.165. The number of nitrogens with one attached hydrogen (secondary N) is 1. The molecule has 30 heavy (non-hydrogen) atoms. The third kappa shape index (κ3) is 5.12. The molecular weight excluding hydrogens is 384 g/mol. The van der Waals surface area contributed by atoms with Crippen LogP contribution < -0.4 is 10.1 Å². The van der Waals surface area contributed by atoms with E-state index in [1.807, 2.05) is 24.3 Å². The fourth-order valence-electron chi connectivity index (χ4n) is 3.95. The van der Waals surface area contributed by atoms with Crippen molar-refractivity contribution in [3.8, 4) is 5.75 Å². The van der Waals surface area contributed by atoms with Gasteiger partial charge >= 0.3 is 5.97 Å². The summed E-state index contributed by atoms with van der Waals surface area (Å²) in [4.78, 5) is 40.0. The van der Waals surface area contributed by atoms with E-state index in [1.54, 1.807) is 18.9 Å². The van der Waals surface area contributed by atoms with Gasteiger partial charge in [-0.2, -0.15) is 0 Å². The minimum Gasteiger partial charge on any atom is -0.496 e. The van der Waals surface area contributed by atoms with Gasteiger partial charge in [0.1, 0.15) is 5.75 Å². The van der Waals surface area contributed by atoms with Gasteiger partial charge in [0.2, 0.25) is 5.91 Å². The van der Waals surface area contributed by atoms with Crippen molar-refractivity contribution in [1.29, 1.82) is 0 Å². The van der Waals surface area contributed by atoms with E-state index >= 15 is 0 Å². The van der Waals surface area contributed by atoms with Gasteiger partial charge in [0.05, 0.1) is 19.1 Å². The van der Waals surface area contributed by atoms with Gasteiger partial charge in [-0.1, -0.05) is 31.5 Å². The number of methoxy groups -OCH3 is 1. The van der Waals surface area contributed by atoms with E-state index in [0.29, 0.717) is 18.7 Å². The first-order valence-corrected chi connectivity index (χ1v) is 10.9. The zero-order valence-electron chi connectivity index (χ0n) is 18.1. The highest BCUT2D eigenvalue weighted by molar-refractivity contribution is 5.86. The molecule has 3 atom stereocenters. The van der Waals surface area contributed by atoms with E-state index in [0.717, 1.165) is 31.2 Å². The molecule has 1 aromatic rings. The van der Waals surface area contributed by atoms with Crippen LogP contribution in [0.15, 0.2) is 24.3 Å². The molecule has 1 aliphatic heterocycles. The normalized spacial score (nSPS) is 22.4. The minimum atomic E-state index is -0.863. The van der Waals surface area contributed by atoms with Crippen LogP contribution >= 0.6 is 0 Å². The molecule has 1 saturated carbocycles. The minimum absolute atomic E-state index is 0.0305. The molecule has 0 unspecified atom stereocenters. The number of ether oxygens (including phenoxy) is 2. The molecule has 0 spiro atoms. The SMILES string of the molecule is CCCCN1C(=O)CC[C@H](C(=O)O[C@@H](C)C(=O)NC2CC2)[C@H]1c1ccccc1OC. The summed E-state index contributed by atoms with van der Waals surface area (Å²) in [5, 5.41) is 2.87. The molecule has 2 aliphatic rings. The Labute approximate surface area is 178 Å². The first kappa shape index (κ1) is 22.1. The maximum Gasteiger partial charge on any atom is 0.312 e. The number of hydrogen-bond donors (Lipinski definition) is 1. The van der Waals surface area contributed by atoms with Gasteiger partial charge < -0.3 is 19.7 Å². The molecule has 1 aliphatic carbocycles. The Kier molecular flexibility index (Phi) is 7.34. The first-order chi connectivity index (χ1) is 14.5. The zero-order chi connectivity index (χ0) is 21.7. The van der Waals surface area contributed by atoms with Crippen molar-refractivity contribution in [2.45, 2.75) is 70.6 Å². The molecule has 1 aromatic carbocycles. The molecule has 0 aromatic heterocycles. The van der Waals surface area contributed by atoms with Gasteiger partial charge in [-0.05, 0) is 38.7 Å². The number of benzene rings is 1. The Morgan fingerprint density at radius 2 is 1.97 bits per heavy atom. The van der Waals surface area contributed by atoms with Crippen molar-refractivity contribution in [2.24, 2.45) is 5.92 Å². The van der Waals surface area contributed by atoms with Crippen molar-refractivity contribution in [1.82, 2.24) is 10.2 Å². The highest BCUT2D eigenvalue weighted by atomic mass is 16.5. The Bertz CT molecular complexity index is 777. The Morgan fingerprint density at radius 3 is 2.63 bits per heavy atom. The van der Waals surface area contributed by atoms with Gasteiger partial charge in [0.25, 0.3) is 5.91 Å². The lowest BCUT2D eigenvalue weighted by Gasteiger charge is -2.41. The van der Waals surface area contributed by atoms with E-state index in [1.165, 1.54) is 0 Å². The smallest absolute Gasteiger partial charge is 0.312 e. The average molecular weight is 417 g/mol. The zero-order valence-corrected chi connectivity index (χ0v) is 18.1. The number of nitrogens with zero attached hydrogens (tertiary/aromatic N) is 1. The molecule has 7 heteroatoms. The van der Waals surface area contributed by atoms with E-state index in [4.69, 9.17) is 9.47 Å². The monoisotopic (exact) mass is 416 g/mol. The lowest BCUT2D eigenvalue weighted by Crippen LogP contribution is -2.47. The Hall–Kier alpha value is -2.57. The number of para-hydroxylation sites is 1. The van der Waals surface area contributed by atoms with Gasteiger partial charge in [0, 0.05) is 24.6 Å². The first-order valence-electron chi connectivity index (χ1n) is 10.9. The van der Waals surface area contributed by atoms with Crippen LogP contribution in [0.5, 0.6) is 5.75 Å². The van der Waals surface area contributed by atoms with Crippen molar-refractivity contribution >= 4 is 17.8 Å². The second-order valence-corrected chi connectivity index (χ2v) is 8.13. The van der Waals surface area contributed by atoms with Crippen molar-refractivity contribution < 1.29 is 23.9 Å². The van der Waals surface area contributed by atoms with Crippen LogP contribution in [0.1, 0.15) is 64.0 Å². The van der Waals surface area contributed by atoms with E-state index in [-0.39, 0.29) is 24.3 Å². The van der Waals surface area contributed by atoms with Crippen LogP contribution in [0.4, 0.5) is 0 Å². The van der Waals surface area contributed by atoms with Crippen molar-refractivity contribution in [3.63, 3.8) is 0 Å². The number of likely N-dealkylation sites (tertiary alicyclic amines) is 1. The van der Waals surface area contributed by atoms with Gasteiger partial charge in [-0.3, -0.25) is 14.4 Å². The summed E-state index contributed by atoms with van der Waals surface area (Å²) in [7, 11) is 1.58. The fourth-order valence-corrected chi connectivity index (χ4v) is 3.95. The summed E-state index contributed by atoms with van der Waals surface area (Å²) in [5.74, 6) is -0.598. The largest absolute Gasteiger partial charge is 0.496 e. The molecule has 2 fully saturated rings. The number of unbranched alkanes of at least 4 members (excludes halogenated alkanes) is 1. The van der Waals surface area contributed by atoms with Crippen LogP contribution in [0.2, 0.25) is 0 Å². The van der Waals surface area contributed by atoms with Crippen LogP contribution in [-0.4, -0.2) is 48.5 Å². The van der Waals surface area contributed by atoms with Crippen LogP contribution in [0, 0.1) is 5.92 Å². The van der Waals surface area contributed by atoms with E-state index in [2.05, 4.69) is 12.2 Å². The number of piperidine rings is 1. The predicted molar refractivity (Wildman–Crippen MR) is 112 cm³/mol. The number of carbonyl (C=O) groups is 3. The maximum atomic E-state index is 13.1. The summed E-state index contributed by atoms with van der Waals surface area (Å²) >= 11 is 0. The standard InChI is InChI=1S/C23H32N2O5/c1-4-5-14-25-20(26)13-12-18(21(25)17-8-6-7-9-19(17)29-3)23(28)30-15(2)22(27)24-16-10-11-16/h6-9,15-16,18,21H,4-5,10-14H2,1-3H3,(H,24,27)/t15-,18-,21+/m0/s1. The molecular formula is C23H32N2O5. The molecule has 0 bridgehead atoms. The number of amides is 2. The molecule has 2 amide bonds. The van der Waals surface area contributed by atoms with E-state index in [9.17, 15) is 14.4 Å². The average Bonchev–Trinajstić information content (AvgIpc) is 3.56. The van der Waals surface area contributed by atoms with Gasteiger partial charge in [0.15, 0.2) is 6.10 Å². The molecule has 0 radical (unpaired) electrons. The molecule has 7 nitrogen and oxygen atoms in total. The summed E-state index contributed by atoms with van der Waals surface area (Å²) in [6.07, 6.45) is 3.55. The molecule has 1 saturated heterocycles. The summed E-state index contributed by atoms with van der Waals surface area (Å²) < 4.78 is 11.1. The van der Waals surface area contributed by atoms with Gasteiger partial charge in [-0.25, -0.2) is 0 Å². The predicted octanol–water partition coefficient (Wildman–Crippen LogP) is 2.99. The second kappa shape index (κ2) is 9.96. The van der Waals surface area contributed by atoms with Crippen LogP contribution in [0.3, 0.4) is 0 Å². The molecule has 1 N–H and O–H groups in total. The number of rotatable bonds is 9. The molecule has 1 heterocycles. The van der Waals surface area contributed by atoms with Crippen molar-refractivity contribution in [2.75, 3.05) is 13.7 Å². The molecule has 3 rings (SSSR count). The summed E-state index contributed by atoms with van der Waals surface area (Å²) in [5.41, 5.74) is 0.793. The second-order valence-electron chi connectivity index (χ2n) is 8.13. The van der Waals surface area contributed by atoms with Crippen LogP contribution in [-0.2, 0) is 19.1 Å². The van der Waals surface area contributed by atoms with Gasteiger partial charge in [-0.15, -0.1) is 0 Å².